The normalized spacial score (nSPS) is 12.3. The zero-order valence-corrected chi connectivity index (χ0v) is 16.8. The maximum Gasteiger partial charge on any atom is 0.304 e. The molecular formula is C21H19Cl2NO4. The van der Waals surface area contributed by atoms with Gasteiger partial charge in [0.05, 0.1) is 17.4 Å². The number of nitrogens with one attached hydrogen (secondary N) is 1. The fourth-order valence-corrected chi connectivity index (χ4v) is 2.91. The standard InChI is InChI=1S/C21H19Cl2NO4/c1-3-4-15(11-20(25)26)14-5-8-17(9-6-14)24-21(27)13(2)28-19-10-7-16(22)12-18(19)23/h5-10,12-13,15H,11H2,1-2H3,(H,24,27)(H,25,26). The lowest BCUT2D eigenvalue weighted by atomic mass is 9.96. The van der Waals surface area contributed by atoms with Gasteiger partial charge in [-0.15, -0.1) is 5.92 Å². The molecule has 0 radical (unpaired) electrons. The highest BCUT2D eigenvalue weighted by molar-refractivity contribution is 6.35. The van der Waals surface area contributed by atoms with Crippen LogP contribution in [0.2, 0.25) is 10.0 Å². The molecule has 2 unspecified atom stereocenters. The van der Waals surface area contributed by atoms with Crippen molar-refractivity contribution in [3.8, 4) is 17.6 Å². The van der Waals surface area contributed by atoms with Crippen LogP contribution in [0.3, 0.4) is 0 Å². The van der Waals surface area contributed by atoms with Gasteiger partial charge in [-0.05, 0) is 49.7 Å². The quantitative estimate of drug-likeness (QED) is 0.620. The Morgan fingerprint density at radius 1 is 1.18 bits per heavy atom. The maximum absolute atomic E-state index is 12.4. The number of benzene rings is 2. The van der Waals surface area contributed by atoms with Crippen LogP contribution in [0.15, 0.2) is 42.5 Å². The summed E-state index contributed by atoms with van der Waals surface area (Å²) in [5.41, 5.74) is 1.33. The van der Waals surface area contributed by atoms with Crippen LogP contribution in [0.4, 0.5) is 5.69 Å². The Morgan fingerprint density at radius 3 is 2.43 bits per heavy atom. The van der Waals surface area contributed by atoms with E-state index in [1.165, 1.54) is 6.07 Å². The third-order valence-corrected chi connectivity index (χ3v) is 4.38. The minimum atomic E-state index is -0.919. The van der Waals surface area contributed by atoms with Crippen LogP contribution in [0.25, 0.3) is 0 Å². The van der Waals surface area contributed by atoms with E-state index in [1.54, 1.807) is 50.2 Å². The van der Waals surface area contributed by atoms with Gasteiger partial charge in [-0.1, -0.05) is 41.3 Å². The maximum atomic E-state index is 12.4. The third-order valence-electron chi connectivity index (χ3n) is 3.84. The molecule has 28 heavy (non-hydrogen) atoms. The van der Waals surface area contributed by atoms with Crippen molar-refractivity contribution in [3.05, 3.63) is 58.1 Å². The van der Waals surface area contributed by atoms with Gasteiger partial charge in [-0.3, -0.25) is 9.59 Å². The molecule has 0 aliphatic heterocycles. The minimum absolute atomic E-state index is 0.0841. The van der Waals surface area contributed by atoms with Crippen LogP contribution in [-0.4, -0.2) is 23.1 Å². The molecule has 5 nitrogen and oxygen atoms in total. The zero-order chi connectivity index (χ0) is 20.7. The molecule has 1 amide bonds. The van der Waals surface area contributed by atoms with Crippen molar-refractivity contribution in [2.45, 2.75) is 32.3 Å². The van der Waals surface area contributed by atoms with Crippen LogP contribution in [0, 0.1) is 11.8 Å². The summed E-state index contributed by atoms with van der Waals surface area (Å²) in [6.07, 6.45) is -0.872. The number of rotatable bonds is 7. The van der Waals surface area contributed by atoms with Gasteiger partial charge in [0.15, 0.2) is 6.10 Å². The Balaban J connectivity index is 2.02. The molecule has 0 aliphatic carbocycles. The highest BCUT2D eigenvalue weighted by atomic mass is 35.5. The van der Waals surface area contributed by atoms with Crippen molar-refractivity contribution in [1.29, 1.82) is 0 Å². The van der Waals surface area contributed by atoms with Crippen molar-refractivity contribution in [1.82, 2.24) is 0 Å². The molecule has 0 aromatic heterocycles. The lowest BCUT2D eigenvalue weighted by molar-refractivity contribution is -0.137. The Bertz CT molecular complexity index is 916. The number of amides is 1. The van der Waals surface area contributed by atoms with Crippen LogP contribution >= 0.6 is 23.2 Å². The van der Waals surface area contributed by atoms with Gasteiger partial charge < -0.3 is 15.2 Å². The summed E-state index contributed by atoms with van der Waals surface area (Å²) in [6.45, 7) is 3.27. The van der Waals surface area contributed by atoms with E-state index in [9.17, 15) is 9.59 Å². The van der Waals surface area contributed by atoms with E-state index in [1.807, 2.05) is 0 Å². The second kappa shape index (κ2) is 10.0. The molecule has 0 aliphatic rings. The van der Waals surface area contributed by atoms with Gasteiger partial charge in [0.2, 0.25) is 0 Å². The van der Waals surface area contributed by atoms with E-state index in [4.69, 9.17) is 33.0 Å². The van der Waals surface area contributed by atoms with E-state index < -0.39 is 18.0 Å². The molecule has 0 bridgehead atoms. The van der Waals surface area contributed by atoms with Crippen molar-refractivity contribution >= 4 is 40.8 Å². The minimum Gasteiger partial charge on any atom is -0.481 e. The van der Waals surface area contributed by atoms with Gasteiger partial charge in [0, 0.05) is 10.7 Å². The number of carboxylic acids is 1. The summed E-state index contributed by atoms with van der Waals surface area (Å²) in [5, 5.41) is 12.5. The summed E-state index contributed by atoms with van der Waals surface area (Å²) >= 11 is 11.9. The molecule has 0 saturated carbocycles. The molecule has 0 fully saturated rings. The van der Waals surface area contributed by atoms with Gasteiger partial charge in [-0.25, -0.2) is 0 Å². The van der Waals surface area contributed by atoms with E-state index >= 15 is 0 Å². The smallest absolute Gasteiger partial charge is 0.304 e. The average molecular weight is 420 g/mol. The lowest BCUT2D eigenvalue weighted by Gasteiger charge is -2.16. The monoisotopic (exact) mass is 419 g/mol. The number of hydrogen-bond donors (Lipinski definition) is 2. The predicted octanol–water partition coefficient (Wildman–Crippen LogP) is 4.98. The van der Waals surface area contributed by atoms with Crippen molar-refractivity contribution in [2.24, 2.45) is 0 Å². The van der Waals surface area contributed by atoms with E-state index in [2.05, 4.69) is 17.2 Å². The number of halogens is 2. The molecule has 0 spiro atoms. The summed E-state index contributed by atoms with van der Waals surface area (Å²) in [5.74, 6) is 4.32. The predicted molar refractivity (Wildman–Crippen MR) is 110 cm³/mol. The van der Waals surface area contributed by atoms with Gasteiger partial charge >= 0.3 is 5.97 Å². The van der Waals surface area contributed by atoms with E-state index in [-0.39, 0.29) is 12.3 Å². The number of hydrogen-bond acceptors (Lipinski definition) is 3. The Morgan fingerprint density at radius 2 is 1.86 bits per heavy atom. The molecule has 0 heterocycles. The summed E-state index contributed by atoms with van der Waals surface area (Å²) < 4.78 is 5.59. The molecule has 2 aromatic rings. The Kier molecular flexibility index (Phi) is 7.74. The molecule has 0 saturated heterocycles. The van der Waals surface area contributed by atoms with Crippen molar-refractivity contribution in [2.75, 3.05) is 5.32 Å². The Hall–Kier alpha value is -2.68. The zero-order valence-electron chi connectivity index (χ0n) is 15.3. The number of aliphatic carboxylic acids is 1. The van der Waals surface area contributed by atoms with Crippen molar-refractivity contribution in [3.63, 3.8) is 0 Å². The SMILES string of the molecule is CC#CC(CC(=O)O)c1ccc(NC(=O)C(C)Oc2ccc(Cl)cc2Cl)cc1. The largest absolute Gasteiger partial charge is 0.481 e. The molecular weight excluding hydrogens is 401 g/mol. The number of ether oxygens (including phenoxy) is 1. The first-order chi connectivity index (χ1) is 13.3. The second-order valence-corrected chi connectivity index (χ2v) is 6.83. The first-order valence-electron chi connectivity index (χ1n) is 8.46. The summed E-state index contributed by atoms with van der Waals surface area (Å²) in [7, 11) is 0. The molecule has 2 N–H and O–H groups in total. The fourth-order valence-electron chi connectivity index (χ4n) is 2.46. The van der Waals surface area contributed by atoms with Crippen LogP contribution in [-0.2, 0) is 9.59 Å². The average Bonchev–Trinajstić information content (AvgIpc) is 2.64. The van der Waals surface area contributed by atoms with Gasteiger partial charge in [-0.2, -0.15) is 0 Å². The Labute approximate surface area is 173 Å². The van der Waals surface area contributed by atoms with Gasteiger partial charge in [0.25, 0.3) is 5.91 Å². The number of carbonyl (C=O) groups is 2. The molecule has 7 heteroatoms. The number of anilines is 1. The molecule has 2 rings (SSSR count). The first-order valence-corrected chi connectivity index (χ1v) is 9.22. The summed E-state index contributed by atoms with van der Waals surface area (Å²) in [4.78, 5) is 23.3. The van der Waals surface area contributed by atoms with Gasteiger partial charge in [0.1, 0.15) is 5.75 Å². The number of carboxylic acid groups (broad SMARTS) is 1. The van der Waals surface area contributed by atoms with Crippen LogP contribution in [0.5, 0.6) is 5.75 Å². The van der Waals surface area contributed by atoms with Crippen LogP contribution < -0.4 is 10.1 Å². The molecule has 146 valence electrons. The van der Waals surface area contributed by atoms with E-state index in [0.717, 1.165) is 5.56 Å². The first kappa shape index (κ1) is 21.6. The number of carbonyl (C=O) groups excluding carboxylic acids is 1. The molecule has 2 aromatic carbocycles. The lowest BCUT2D eigenvalue weighted by Crippen LogP contribution is -2.30. The third kappa shape index (κ3) is 6.19. The van der Waals surface area contributed by atoms with E-state index in [0.29, 0.717) is 21.5 Å². The van der Waals surface area contributed by atoms with Crippen molar-refractivity contribution < 1.29 is 19.4 Å². The highest BCUT2D eigenvalue weighted by Gasteiger charge is 2.17. The summed E-state index contributed by atoms with van der Waals surface area (Å²) in [6, 6.07) is 11.6. The topological polar surface area (TPSA) is 75.6 Å². The highest BCUT2D eigenvalue weighted by Crippen LogP contribution is 2.28. The second-order valence-electron chi connectivity index (χ2n) is 5.99. The van der Waals surface area contributed by atoms with Crippen LogP contribution in [0.1, 0.15) is 31.7 Å². The fraction of sp³-hybridized carbons (Fsp3) is 0.238. The molecule has 2 atom stereocenters.